The van der Waals surface area contributed by atoms with Gasteiger partial charge in [0.15, 0.2) is 0 Å². The fourth-order valence-corrected chi connectivity index (χ4v) is 5.23. The fourth-order valence-electron chi connectivity index (χ4n) is 3.70. The van der Waals surface area contributed by atoms with Crippen LogP contribution in [0, 0.1) is 0 Å². The number of amides is 1. The first-order valence-electron chi connectivity index (χ1n) is 9.99. The third kappa shape index (κ3) is 4.66. The zero-order valence-corrected chi connectivity index (χ0v) is 17.5. The molecule has 1 saturated heterocycles. The third-order valence-electron chi connectivity index (χ3n) is 5.39. The van der Waals surface area contributed by atoms with Crippen LogP contribution in [-0.2, 0) is 10.0 Å². The SMILES string of the molecule is O=C(NO)c1cnc(NC2CCCN(S(=O)(=O)c3ccc4ccccc4c3)CC2)nc1. The van der Waals surface area contributed by atoms with Gasteiger partial charge >= 0.3 is 0 Å². The Bertz CT molecular complexity index is 1180. The standard InChI is InChI=1S/C21H23N5O4S/c27-20(25-28)17-13-22-21(23-14-17)24-18-6-3-10-26(11-9-18)31(29,30)19-8-7-15-4-1-2-5-16(15)12-19/h1-2,4-5,7-8,12-14,18,28H,3,6,9-11H2,(H,25,27)(H,22,23,24). The Kier molecular flexibility index (Phi) is 6.12. The minimum Gasteiger partial charge on any atom is -0.351 e. The van der Waals surface area contributed by atoms with E-state index in [1.54, 1.807) is 12.1 Å². The summed E-state index contributed by atoms with van der Waals surface area (Å²) in [4.78, 5) is 19.8. The van der Waals surface area contributed by atoms with Gasteiger partial charge in [0, 0.05) is 31.5 Å². The van der Waals surface area contributed by atoms with E-state index >= 15 is 0 Å². The van der Waals surface area contributed by atoms with E-state index in [0.717, 1.165) is 17.2 Å². The van der Waals surface area contributed by atoms with Gasteiger partial charge in [-0.15, -0.1) is 0 Å². The normalized spacial score (nSPS) is 17.8. The van der Waals surface area contributed by atoms with Gasteiger partial charge in [-0.25, -0.2) is 23.9 Å². The summed E-state index contributed by atoms with van der Waals surface area (Å²) < 4.78 is 27.9. The highest BCUT2D eigenvalue weighted by Gasteiger charge is 2.28. The highest BCUT2D eigenvalue weighted by Crippen LogP contribution is 2.24. The summed E-state index contributed by atoms with van der Waals surface area (Å²) in [6, 6.07) is 12.9. The molecule has 162 valence electrons. The lowest BCUT2D eigenvalue weighted by Crippen LogP contribution is -2.32. The van der Waals surface area contributed by atoms with Gasteiger partial charge in [0.1, 0.15) is 0 Å². The van der Waals surface area contributed by atoms with Crippen LogP contribution in [0.2, 0.25) is 0 Å². The zero-order valence-electron chi connectivity index (χ0n) is 16.7. The Morgan fingerprint density at radius 2 is 1.77 bits per heavy atom. The van der Waals surface area contributed by atoms with Gasteiger partial charge in [0.05, 0.1) is 10.5 Å². The lowest BCUT2D eigenvalue weighted by Gasteiger charge is -2.21. The topological polar surface area (TPSA) is 125 Å². The van der Waals surface area contributed by atoms with Gasteiger partial charge < -0.3 is 5.32 Å². The Morgan fingerprint density at radius 3 is 2.52 bits per heavy atom. The van der Waals surface area contributed by atoms with Gasteiger partial charge in [-0.05, 0) is 42.2 Å². The number of sulfonamides is 1. The third-order valence-corrected chi connectivity index (χ3v) is 7.29. The number of fused-ring (bicyclic) bond motifs is 1. The monoisotopic (exact) mass is 441 g/mol. The number of rotatable bonds is 5. The largest absolute Gasteiger partial charge is 0.351 e. The van der Waals surface area contributed by atoms with E-state index in [9.17, 15) is 13.2 Å². The second kappa shape index (κ2) is 8.96. The number of nitrogens with one attached hydrogen (secondary N) is 2. The van der Waals surface area contributed by atoms with Crippen LogP contribution in [0.5, 0.6) is 0 Å². The van der Waals surface area contributed by atoms with Crippen molar-refractivity contribution in [3.63, 3.8) is 0 Å². The van der Waals surface area contributed by atoms with E-state index in [4.69, 9.17) is 5.21 Å². The fraction of sp³-hybridized carbons (Fsp3) is 0.286. The van der Waals surface area contributed by atoms with Gasteiger partial charge in [0.25, 0.3) is 5.91 Å². The molecule has 4 rings (SSSR count). The Labute approximate surface area is 180 Å². The summed E-state index contributed by atoms with van der Waals surface area (Å²) in [6.45, 7) is 0.835. The van der Waals surface area contributed by atoms with E-state index < -0.39 is 15.9 Å². The number of hydrogen-bond acceptors (Lipinski definition) is 7. The molecule has 9 nitrogen and oxygen atoms in total. The van der Waals surface area contributed by atoms with Gasteiger partial charge in [0.2, 0.25) is 16.0 Å². The molecule has 1 fully saturated rings. The van der Waals surface area contributed by atoms with Crippen molar-refractivity contribution in [3.05, 3.63) is 60.4 Å². The van der Waals surface area contributed by atoms with Crippen LogP contribution in [-0.4, -0.2) is 52.9 Å². The summed E-state index contributed by atoms with van der Waals surface area (Å²) in [7, 11) is -3.58. The molecule has 1 aliphatic rings. The molecule has 1 aromatic heterocycles. The van der Waals surface area contributed by atoms with Crippen molar-refractivity contribution < 1.29 is 18.4 Å². The van der Waals surface area contributed by atoms with E-state index in [2.05, 4.69) is 15.3 Å². The Hall–Kier alpha value is -3.08. The first-order chi connectivity index (χ1) is 15.0. The quantitative estimate of drug-likeness (QED) is 0.410. The summed E-state index contributed by atoms with van der Waals surface area (Å²) >= 11 is 0. The summed E-state index contributed by atoms with van der Waals surface area (Å²) in [6.07, 6.45) is 4.71. The van der Waals surface area contributed by atoms with E-state index in [-0.39, 0.29) is 11.6 Å². The molecule has 1 atom stereocenters. The van der Waals surface area contributed by atoms with Crippen molar-refractivity contribution in [3.8, 4) is 0 Å². The van der Waals surface area contributed by atoms with Crippen LogP contribution in [0.1, 0.15) is 29.6 Å². The van der Waals surface area contributed by atoms with Crippen molar-refractivity contribution in [2.75, 3.05) is 18.4 Å². The number of benzene rings is 2. The Morgan fingerprint density at radius 1 is 1.03 bits per heavy atom. The number of hydroxylamine groups is 1. The molecule has 10 heteroatoms. The number of carbonyl (C=O) groups excluding carboxylic acids is 1. The summed E-state index contributed by atoms with van der Waals surface area (Å²) in [5.41, 5.74) is 1.67. The first kappa shape index (κ1) is 21.2. The van der Waals surface area contributed by atoms with Crippen LogP contribution < -0.4 is 10.8 Å². The van der Waals surface area contributed by atoms with Crippen molar-refractivity contribution in [1.29, 1.82) is 0 Å². The molecular formula is C21H23N5O4S. The summed E-state index contributed by atoms with van der Waals surface area (Å²) in [5.74, 6) is -0.333. The van der Waals surface area contributed by atoms with Crippen molar-refractivity contribution in [2.24, 2.45) is 0 Å². The highest BCUT2D eigenvalue weighted by molar-refractivity contribution is 7.89. The number of aromatic nitrogens is 2. The van der Waals surface area contributed by atoms with Crippen LogP contribution in [0.25, 0.3) is 10.8 Å². The molecule has 3 N–H and O–H groups in total. The molecular weight excluding hydrogens is 418 g/mol. The lowest BCUT2D eigenvalue weighted by atomic mass is 10.1. The minimum absolute atomic E-state index is 0.00863. The van der Waals surface area contributed by atoms with Crippen LogP contribution in [0.15, 0.2) is 59.8 Å². The molecule has 1 aliphatic heterocycles. The van der Waals surface area contributed by atoms with Gasteiger partial charge in [-0.1, -0.05) is 30.3 Å². The average Bonchev–Trinajstić information content (AvgIpc) is 3.05. The highest BCUT2D eigenvalue weighted by atomic mass is 32.2. The predicted molar refractivity (Wildman–Crippen MR) is 115 cm³/mol. The molecule has 2 aromatic carbocycles. The van der Waals surface area contributed by atoms with Crippen LogP contribution >= 0.6 is 0 Å². The van der Waals surface area contributed by atoms with Gasteiger partial charge in [-0.2, -0.15) is 4.31 Å². The first-order valence-corrected chi connectivity index (χ1v) is 11.4. The van der Waals surface area contributed by atoms with E-state index in [0.29, 0.717) is 36.8 Å². The van der Waals surface area contributed by atoms with E-state index in [1.807, 2.05) is 30.3 Å². The van der Waals surface area contributed by atoms with Crippen molar-refractivity contribution >= 4 is 32.7 Å². The predicted octanol–water partition coefficient (Wildman–Crippen LogP) is 2.40. The number of hydrogen-bond donors (Lipinski definition) is 3. The maximum atomic E-state index is 13.2. The maximum absolute atomic E-state index is 13.2. The average molecular weight is 442 g/mol. The van der Waals surface area contributed by atoms with Gasteiger partial charge in [-0.3, -0.25) is 10.0 Å². The number of carbonyl (C=O) groups is 1. The maximum Gasteiger partial charge on any atom is 0.277 e. The smallest absolute Gasteiger partial charge is 0.277 e. The van der Waals surface area contributed by atoms with Crippen molar-refractivity contribution in [1.82, 2.24) is 19.8 Å². The van der Waals surface area contributed by atoms with Crippen LogP contribution in [0.3, 0.4) is 0 Å². The molecule has 0 aliphatic carbocycles. The minimum atomic E-state index is -3.58. The molecule has 31 heavy (non-hydrogen) atoms. The van der Waals surface area contributed by atoms with Crippen LogP contribution in [0.4, 0.5) is 5.95 Å². The molecule has 0 spiro atoms. The zero-order chi connectivity index (χ0) is 21.8. The molecule has 2 heterocycles. The summed E-state index contributed by atoms with van der Waals surface area (Å²) in [5, 5.41) is 13.8. The van der Waals surface area contributed by atoms with E-state index in [1.165, 1.54) is 22.2 Å². The Balaban J connectivity index is 1.43. The molecule has 0 radical (unpaired) electrons. The molecule has 3 aromatic rings. The molecule has 0 bridgehead atoms. The lowest BCUT2D eigenvalue weighted by molar-refractivity contribution is 0.0705. The second-order valence-corrected chi connectivity index (χ2v) is 9.36. The number of anilines is 1. The molecule has 1 amide bonds. The molecule has 0 saturated carbocycles. The number of nitrogens with zero attached hydrogens (tertiary/aromatic N) is 3. The second-order valence-electron chi connectivity index (χ2n) is 7.42. The van der Waals surface area contributed by atoms with Crippen molar-refractivity contribution in [2.45, 2.75) is 30.2 Å². The molecule has 1 unspecified atom stereocenters.